The number of hydrogen-bond donors (Lipinski definition) is 3. The van der Waals surface area contributed by atoms with Crippen LogP contribution in [-0.2, 0) is 4.79 Å². The van der Waals surface area contributed by atoms with Crippen molar-refractivity contribution in [3.05, 3.63) is 12.7 Å². The van der Waals surface area contributed by atoms with Crippen LogP contribution in [0.15, 0.2) is 12.7 Å². The van der Waals surface area contributed by atoms with Gasteiger partial charge in [-0.15, -0.1) is 0 Å². The number of anilines is 1. The van der Waals surface area contributed by atoms with Crippen molar-refractivity contribution in [2.45, 2.75) is 44.6 Å². The third kappa shape index (κ3) is 3.44. The van der Waals surface area contributed by atoms with Crippen molar-refractivity contribution in [3.63, 3.8) is 0 Å². The standard InChI is InChI=1S/C19H28N6O3/c20-15(28)4-3-13-2-1-5-24(8-13)17-16-18(22-11-21-17)25(12-23-16)14-6-19(7-14,9-26)10-27/h11-14,26-27H,1-10H2,(H2,20,28)/t13-/m1/s1. The molecule has 4 N–H and O–H groups in total. The van der Waals surface area contributed by atoms with Crippen molar-refractivity contribution in [3.8, 4) is 0 Å². The van der Waals surface area contributed by atoms with E-state index in [-0.39, 0.29) is 25.2 Å². The molecule has 2 aliphatic rings. The average Bonchev–Trinajstić information content (AvgIpc) is 3.11. The smallest absolute Gasteiger partial charge is 0.217 e. The van der Waals surface area contributed by atoms with E-state index in [1.54, 1.807) is 12.7 Å². The Labute approximate surface area is 163 Å². The fourth-order valence-corrected chi connectivity index (χ4v) is 4.62. The van der Waals surface area contributed by atoms with Gasteiger partial charge < -0.3 is 25.4 Å². The topological polar surface area (TPSA) is 130 Å². The third-order valence-corrected chi connectivity index (χ3v) is 6.36. The summed E-state index contributed by atoms with van der Waals surface area (Å²) < 4.78 is 2.04. The highest BCUT2D eigenvalue weighted by Gasteiger charge is 2.45. The normalized spacial score (nSPS) is 22.4. The Morgan fingerprint density at radius 1 is 1.25 bits per heavy atom. The molecule has 9 heteroatoms. The second kappa shape index (κ2) is 7.63. The molecule has 1 aliphatic carbocycles. The van der Waals surface area contributed by atoms with Crippen LogP contribution in [0.2, 0.25) is 0 Å². The first-order valence-corrected chi connectivity index (χ1v) is 9.98. The van der Waals surface area contributed by atoms with Crippen molar-refractivity contribution in [1.82, 2.24) is 19.5 Å². The summed E-state index contributed by atoms with van der Waals surface area (Å²) in [6.45, 7) is 1.74. The molecule has 1 saturated heterocycles. The molecule has 1 saturated carbocycles. The van der Waals surface area contributed by atoms with Crippen molar-refractivity contribution in [2.24, 2.45) is 17.1 Å². The van der Waals surface area contributed by atoms with E-state index in [4.69, 9.17) is 5.73 Å². The number of primary amides is 1. The van der Waals surface area contributed by atoms with E-state index < -0.39 is 5.41 Å². The Morgan fingerprint density at radius 2 is 2.04 bits per heavy atom. The van der Waals surface area contributed by atoms with Crippen LogP contribution in [0.3, 0.4) is 0 Å². The molecule has 4 rings (SSSR count). The average molecular weight is 388 g/mol. The predicted molar refractivity (Wildman–Crippen MR) is 104 cm³/mol. The number of nitrogens with two attached hydrogens (primary N) is 1. The quantitative estimate of drug-likeness (QED) is 0.633. The Morgan fingerprint density at radius 3 is 2.75 bits per heavy atom. The summed E-state index contributed by atoms with van der Waals surface area (Å²) in [5.41, 5.74) is 6.48. The van der Waals surface area contributed by atoms with Gasteiger partial charge in [-0.25, -0.2) is 15.0 Å². The van der Waals surface area contributed by atoms with E-state index in [1.165, 1.54) is 0 Å². The molecular formula is C19H28N6O3. The number of piperidine rings is 1. The molecule has 0 radical (unpaired) electrons. The number of carbonyl (C=O) groups excluding carboxylic acids is 1. The van der Waals surface area contributed by atoms with E-state index in [2.05, 4.69) is 19.9 Å². The number of fused-ring (bicyclic) bond motifs is 1. The van der Waals surface area contributed by atoms with Crippen LogP contribution in [0.25, 0.3) is 11.2 Å². The molecule has 0 unspecified atom stereocenters. The number of aromatic nitrogens is 4. The molecule has 2 aromatic heterocycles. The van der Waals surface area contributed by atoms with E-state index in [1.807, 2.05) is 4.57 Å². The molecule has 1 atom stereocenters. The molecule has 0 spiro atoms. The monoisotopic (exact) mass is 388 g/mol. The number of imidazole rings is 1. The van der Waals surface area contributed by atoms with Crippen LogP contribution in [0.5, 0.6) is 0 Å². The summed E-state index contributed by atoms with van der Waals surface area (Å²) in [5.74, 6) is 1.01. The maximum atomic E-state index is 11.1. The number of hydrogen-bond acceptors (Lipinski definition) is 7. The summed E-state index contributed by atoms with van der Waals surface area (Å²) in [7, 11) is 0. The van der Waals surface area contributed by atoms with Gasteiger partial charge in [-0.2, -0.15) is 0 Å². The van der Waals surface area contributed by atoms with Gasteiger partial charge in [0.15, 0.2) is 17.0 Å². The van der Waals surface area contributed by atoms with Crippen LogP contribution >= 0.6 is 0 Å². The van der Waals surface area contributed by atoms with E-state index in [0.717, 1.165) is 49.3 Å². The van der Waals surface area contributed by atoms with Gasteiger partial charge >= 0.3 is 0 Å². The molecule has 2 aromatic rings. The maximum absolute atomic E-state index is 11.1. The number of amides is 1. The molecule has 1 aliphatic heterocycles. The van der Waals surface area contributed by atoms with Crippen LogP contribution in [0, 0.1) is 11.3 Å². The summed E-state index contributed by atoms with van der Waals surface area (Å²) in [6.07, 6.45) is 8.17. The lowest BCUT2D eigenvalue weighted by Crippen LogP contribution is -2.44. The lowest BCUT2D eigenvalue weighted by atomic mass is 9.66. The van der Waals surface area contributed by atoms with Gasteiger partial charge in [-0.1, -0.05) is 0 Å². The minimum Gasteiger partial charge on any atom is -0.396 e. The highest BCUT2D eigenvalue weighted by molar-refractivity contribution is 5.83. The number of aliphatic hydroxyl groups is 2. The van der Waals surface area contributed by atoms with E-state index in [9.17, 15) is 15.0 Å². The highest BCUT2D eigenvalue weighted by Crippen LogP contribution is 2.48. The Bertz CT molecular complexity index is 841. The first-order chi connectivity index (χ1) is 13.5. The zero-order chi connectivity index (χ0) is 19.7. The Kier molecular flexibility index (Phi) is 5.20. The number of nitrogens with zero attached hydrogens (tertiary/aromatic N) is 5. The Balaban J connectivity index is 1.53. The first-order valence-electron chi connectivity index (χ1n) is 9.98. The van der Waals surface area contributed by atoms with Crippen molar-refractivity contribution < 1.29 is 15.0 Å². The fraction of sp³-hybridized carbons (Fsp3) is 0.684. The second-order valence-electron chi connectivity index (χ2n) is 8.36. The van der Waals surface area contributed by atoms with Gasteiger partial charge in [-0.05, 0) is 38.0 Å². The molecule has 28 heavy (non-hydrogen) atoms. The molecule has 3 heterocycles. The lowest BCUT2D eigenvalue weighted by molar-refractivity contribution is -0.118. The maximum Gasteiger partial charge on any atom is 0.217 e. The van der Waals surface area contributed by atoms with Gasteiger partial charge in [-0.3, -0.25) is 4.79 Å². The minimum absolute atomic E-state index is 0.00661. The van der Waals surface area contributed by atoms with Gasteiger partial charge in [0.1, 0.15) is 6.33 Å². The van der Waals surface area contributed by atoms with Gasteiger partial charge in [0.05, 0.1) is 19.5 Å². The summed E-state index contributed by atoms with van der Waals surface area (Å²) in [4.78, 5) is 26.9. The third-order valence-electron chi connectivity index (χ3n) is 6.36. The lowest BCUT2D eigenvalue weighted by Gasteiger charge is -2.45. The number of aliphatic hydroxyl groups excluding tert-OH is 2. The number of rotatable bonds is 7. The molecule has 0 aromatic carbocycles. The number of carbonyl (C=O) groups is 1. The van der Waals surface area contributed by atoms with Crippen LogP contribution < -0.4 is 10.6 Å². The fourth-order valence-electron chi connectivity index (χ4n) is 4.62. The summed E-state index contributed by atoms with van der Waals surface area (Å²) >= 11 is 0. The predicted octanol–water partition coefficient (Wildman–Crippen LogP) is 0.614. The molecule has 0 bridgehead atoms. The first kappa shape index (κ1) is 19.1. The Hall–Kier alpha value is -2.26. The SMILES string of the molecule is NC(=O)CC[C@H]1CCCN(c2ncnc3c2ncn3C2CC(CO)(CO)C2)C1. The second-order valence-corrected chi connectivity index (χ2v) is 8.36. The molecule has 152 valence electrons. The van der Waals surface area contributed by atoms with E-state index >= 15 is 0 Å². The van der Waals surface area contributed by atoms with Gasteiger partial charge in [0.25, 0.3) is 0 Å². The summed E-state index contributed by atoms with van der Waals surface area (Å²) in [6, 6.07) is 0.178. The zero-order valence-corrected chi connectivity index (χ0v) is 16.0. The van der Waals surface area contributed by atoms with Crippen molar-refractivity contribution in [2.75, 3.05) is 31.2 Å². The molecular weight excluding hydrogens is 360 g/mol. The van der Waals surface area contributed by atoms with Crippen molar-refractivity contribution in [1.29, 1.82) is 0 Å². The van der Waals surface area contributed by atoms with Gasteiger partial charge in [0.2, 0.25) is 5.91 Å². The molecule has 9 nitrogen and oxygen atoms in total. The van der Waals surface area contributed by atoms with Crippen LogP contribution in [-0.4, -0.2) is 61.9 Å². The van der Waals surface area contributed by atoms with E-state index in [0.29, 0.717) is 25.2 Å². The van der Waals surface area contributed by atoms with Crippen LogP contribution in [0.1, 0.15) is 44.6 Å². The molecule has 2 fully saturated rings. The largest absolute Gasteiger partial charge is 0.396 e. The zero-order valence-electron chi connectivity index (χ0n) is 16.0. The highest BCUT2D eigenvalue weighted by atomic mass is 16.3. The minimum atomic E-state index is -0.391. The summed E-state index contributed by atoms with van der Waals surface area (Å²) in [5, 5.41) is 19.1. The van der Waals surface area contributed by atoms with Crippen molar-refractivity contribution >= 4 is 22.9 Å². The molecule has 1 amide bonds. The van der Waals surface area contributed by atoms with Gasteiger partial charge in [0, 0.05) is 31.0 Å². The van der Waals surface area contributed by atoms with Crippen LogP contribution in [0.4, 0.5) is 5.82 Å².